The Bertz CT molecular complexity index is 1380. The van der Waals surface area contributed by atoms with Gasteiger partial charge in [-0.25, -0.2) is 8.42 Å². The van der Waals surface area contributed by atoms with E-state index in [1.165, 1.54) is 10.6 Å². The number of aryl methyl sites for hydroxylation is 1. The molecule has 1 saturated carbocycles. The summed E-state index contributed by atoms with van der Waals surface area (Å²) in [6.07, 6.45) is 3.12. The second kappa shape index (κ2) is 11.8. The zero-order valence-electron chi connectivity index (χ0n) is 22.0. The summed E-state index contributed by atoms with van der Waals surface area (Å²) in [6, 6.07) is 9.53. The Kier molecular flexibility index (Phi) is 8.71. The number of carbonyl (C=O) groups is 1. The highest BCUT2D eigenvalue weighted by Gasteiger charge is 2.34. The summed E-state index contributed by atoms with van der Waals surface area (Å²) in [4.78, 5) is 17.7. The van der Waals surface area contributed by atoms with Crippen molar-refractivity contribution in [2.75, 3.05) is 37.2 Å². The van der Waals surface area contributed by atoms with E-state index in [9.17, 15) is 13.2 Å². The van der Waals surface area contributed by atoms with Crippen LogP contribution >= 0.6 is 0 Å². The van der Waals surface area contributed by atoms with Crippen molar-refractivity contribution in [3.05, 3.63) is 47.0 Å². The Labute approximate surface area is 223 Å². The number of aliphatic hydroxyl groups excluding tert-OH is 1. The molecule has 4 rings (SSSR count). The minimum absolute atomic E-state index is 0.171. The number of aliphatic hydroxyl groups is 2. The number of amides is 1. The number of pyridine rings is 1. The van der Waals surface area contributed by atoms with Gasteiger partial charge in [0.15, 0.2) is 6.29 Å². The van der Waals surface area contributed by atoms with E-state index in [1.54, 1.807) is 7.05 Å². The van der Waals surface area contributed by atoms with Crippen molar-refractivity contribution in [3.63, 3.8) is 0 Å². The van der Waals surface area contributed by atoms with Crippen LogP contribution in [-0.4, -0.2) is 68.7 Å². The zero-order chi connectivity index (χ0) is 27.4. The van der Waals surface area contributed by atoms with Gasteiger partial charge in [0, 0.05) is 19.2 Å². The van der Waals surface area contributed by atoms with Crippen molar-refractivity contribution in [2.24, 2.45) is 0 Å². The molecule has 0 bridgehead atoms. The largest absolute Gasteiger partial charge is 0.437 e. The normalized spacial score (nSPS) is 13.8. The summed E-state index contributed by atoms with van der Waals surface area (Å²) in [5.74, 6) is 0.618. The third kappa shape index (κ3) is 6.52. The van der Waals surface area contributed by atoms with Crippen LogP contribution in [0.25, 0.3) is 22.4 Å². The van der Waals surface area contributed by atoms with Crippen molar-refractivity contribution >= 4 is 32.8 Å². The molecule has 1 aliphatic rings. The molecule has 2 aromatic heterocycles. The summed E-state index contributed by atoms with van der Waals surface area (Å²) in [6.45, 7) is 3.37. The molecule has 11 heteroatoms. The highest BCUT2D eigenvalue weighted by atomic mass is 32.2. The van der Waals surface area contributed by atoms with E-state index >= 15 is 0 Å². The SMILES string of the molecule is CNC(=O)c1c(-c2ccc(C)cc2)oc2nc(N(CCCNCCCC(O)O)S(C)(=O)=O)c(C3CC3)cc12. The quantitative estimate of drug-likeness (QED) is 0.190. The number of hydrogen-bond donors (Lipinski definition) is 4. The number of rotatable bonds is 13. The molecule has 10 nitrogen and oxygen atoms in total. The lowest BCUT2D eigenvalue weighted by Crippen LogP contribution is -2.34. The monoisotopic (exact) mass is 544 g/mol. The number of sulfonamides is 1. The number of nitrogens with one attached hydrogen (secondary N) is 2. The third-order valence-electron chi connectivity index (χ3n) is 6.64. The number of hydrogen-bond acceptors (Lipinski definition) is 8. The van der Waals surface area contributed by atoms with Gasteiger partial charge in [0.25, 0.3) is 5.91 Å². The Balaban J connectivity index is 1.70. The van der Waals surface area contributed by atoms with Gasteiger partial charge < -0.3 is 25.3 Å². The summed E-state index contributed by atoms with van der Waals surface area (Å²) in [5, 5.41) is 24.4. The Morgan fingerprint density at radius 1 is 1.18 bits per heavy atom. The first-order valence-electron chi connectivity index (χ1n) is 12.9. The number of furan rings is 1. The molecule has 1 aliphatic carbocycles. The number of anilines is 1. The van der Waals surface area contributed by atoms with E-state index < -0.39 is 16.3 Å². The maximum Gasteiger partial charge on any atom is 0.255 e. The molecule has 0 radical (unpaired) electrons. The Morgan fingerprint density at radius 2 is 1.87 bits per heavy atom. The Morgan fingerprint density at radius 3 is 2.47 bits per heavy atom. The van der Waals surface area contributed by atoms with Crippen LogP contribution in [0, 0.1) is 6.92 Å². The molecule has 206 valence electrons. The molecular formula is C27H36N4O6S. The fourth-order valence-electron chi connectivity index (χ4n) is 4.49. The number of carbonyl (C=O) groups excluding carboxylic acids is 1. The summed E-state index contributed by atoms with van der Waals surface area (Å²) < 4.78 is 33.3. The van der Waals surface area contributed by atoms with Gasteiger partial charge in [0.1, 0.15) is 11.6 Å². The topological polar surface area (TPSA) is 145 Å². The summed E-state index contributed by atoms with van der Waals surface area (Å²) in [7, 11) is -2.08. The van der Waals surface area contributed by atoms with E-state index in [-0.39, 0.29) is 30.5 Å². The van der Waals surface area contributed by atoms with Crippen LogP contribution < -0.4 is 14.9 Å². The molecule has 0 aliphatic heterocycles. The van der Waals surface area contributed by atoms with Crippen molar-refractivity contribution in [2.45, 2.75) is 51.2 Å². The van der Waals surface area contributed by atoms with Crippen molar-refractivity contribution in [1.29, 1.82) is 0 Å². The minimum Gasteiger partial charge on any atom is -0.437 e. The maximum absolute atomic E-state index is 13.0. The smallest absolute Gasteiger partial charge is 0.255 e. The third-order valence-corrected chi connectivity index (χ3v) is 7.80. The fraction of sp³-hybridized carbons (Fsp3) is 0.481. The van der Waals surface area contributed by atoms with Gasteiger partial charge in [-0.05, 0) is 69.7 Å². The highest BCUT2D eigenvalue weighted by molar-refractivity contribution is 7.92. The predicted molar refractivity (Wildman–Crippen MR) is 147 cm³/mol. The highest BCUT2D eigenvalue weighted by Crippen LogP contribution is 2.46. The molecule has 1 fully saturated rings. The average Bonchev–Trinajstić information content (AvgIpc) is 3.64. The number of benzene rings is 1. The van der Waals surface area contributed by atoms with Gasteiger partial charge in [-0.2, -0.15) is 4.98 Å². The molecule has 0 atom stereocenters. The molecule has 2 heterocycles. The number of aromatic nitrogens is 1. The zero-order valence-corrected chi connectivity index (χ0v) is 22.8. The van der Waals surface area contributed by atoms with Crippen LogP contribution in [0.1, 0.15) is 59.5 Å². The summed E-state index contributed by atoms with van der Waals surface area (Å²) in [5.41, 5.74) is 3.21. The first-order valence-corrected chi connectivity index (χ1v) is 14.8. The lowest BCUT2D eigenvalue weighted by molar-refractivity contribution is -0.0461. The molecule has 3 aromatic rings. The van der Waals surface area contributed by atoms with Crippen LogP contribution in [-0.2, 0) is 10.0 Å². The molecule has 38 heavy (non-hydrogen) atoms. The van der Waals surface area contributed by atoms with Crippen LogP contribution in [0.3, 0.4) is 0 Å². The van der Waals surface area contributed by atoms with Crippen molar-refractivity contribution < 1.29 is 27.8 Å². The molecule has 0 unspecified atom stereocenters. The summed E-state index contributed by atoms with van der Waals surface area (Å²) >= 11 is 0. The molecule has 4 N–H and O–H groups in total. The number of fused-ring (bicyclic) bond motifs is 1. The second-order valence-corrected chi connectivity index (χ2v) is 11.7. The van der Waals surface area contributed by atoms with Crippen LogP contribution in [0.2, 0.25) is 0 Å². The van der Waals surface area contributed by atoms with E-state index in [2.05, 4.69) is 10.6 Å². The molecule has 1 amide bonds. The maximum atomic E-state index is 13.0. The molecular weight excluding hydrogens is 508 g/mol. The lowest BCUT2D eigenvalue weighted by Gasteiger charge is -2.24. The molecule has 1 aromatic carbocycles. The fourth-order valence-corrected chi connectivity index (χ4v) is 5.42. The van der Waals surface area contributed by atoms with Gasteiger partial charge in [-0.3, -0.25) is 9.10 Å². The van der Waals surface area contributed by atoms with Gasteiger partial charge in [0.05, 0.1) is 17.2 Å². The first kappa shape index (κ1) is 28.0. The Hall–Kier alpha value is -2.99. The van der Waals surface area contributed by atoms with E-state index in [0.29, 0.717) is 48.5 Å². The van der Waals surface area contributed by atoms with Crippen molar-refractivity contribution in [1.82, 2.24) is 15.6 Å². The molecule has 0 spiro atoms. The van der Waals surface area contributed by atoms with Gasteiger partial charge in [-0.15, -0.1) is 0 Å². The van der Waals surface area contributed by atoms with Gasteiger partial charge in [-0.1, -0.05) is 29.8 Å². The van der Waals surface area contributed by atoms with Crippen LogP contribution in [0.5, 0.6) is 0 Å². The van der Waals surface area contributed by atoms with E-state index in [1.807, 2.05) is 37.3 Å². The second-order valence-electron chi connectivity index (χ2n) is 9.84. The van der Waals surface area contributed by atoms with Crippen LogP contribution in [0.4, 0.5) is 5.82 Å². The average molecular weight is 545 g/mol. The van der Waals surface area contributed by atoms with E-state index in [4.69, 9.17) is 19.6 Å². The van der Waals surface area contributed by atoms with E-state index in [0.717, 1.165) is 29.5 Å². The lowest BCUT2D eigenvalue weighted by atomic mass is 10.0. The van der Waals surface area contributed by atoms with Crippen LogP contribution in [0.15, 0.2) is 34.7 Å². The van der Waals surface area contributed by atoms with Crippen molar-refractivity contribution in [3.8, 4) is 11.3 Å². The van der Waals surface area contributed by atoms with Gasteiger partial charge >= 0.3 is 0 Å². The van der Waals surface area contributed by atoms with Gasteiger partial charge in [0.2, 0.25) is 15.7 Å². The standard InChI is InChI=1S/C27H36N4O6S/c1-17-7-9-19(10-8-17)24-23(26(34)28-2)21-16-20(18-11-12-18)25(30-27(21)37-24)31(38(3,35)36)15-5-14-29-13-4-6-22(32)33/h7-10,16,18,22,29,32-33H,4-6,11-15H2,1-3H3,(H,28,34). The predicted octanol–water partition coefficient (Wildman–Crippen LogP) is 2.88. The number of nitrogens with zero attached hydrogens (tertiary/aromatic N) is 2. The molecule has 0 saturated heterocycles. The first-order chi connectivity index (χ1) is 18.1. The minimum atomic E-state index is -3.65.